The van der Waals surface area contributed by atoms with Crippen molar-refractivity contribution in [3.8, 4) is 0 Å². The summed E-state index contributed by atoms with van der Waals surface area (Å²) in [6.45, 7) is -1.49. The molecule has 1 aromatic carbocycles. The minimum atomic E-state index is -4.53. The number of nitrogens with one attached hydrogen (secondary N) is 2. The molecule has 8 heteroatoms. The average molecular weight is 251 g/mol. The van der Waals surface area contributed by atoms with Crippen molar-refractivity contribution in [2.24, 2.45) is 5.84 Å². The van der Waals surface area contributed by atoms with Crippen molar-refractivity contribution in [1.82, 2.24) is 5.32 Å². The molecule has 0 spiro atoms. The van der Waals surface area contributed by atoms with E-state index in [2.05, 4.69) is 0 Å². The van der Waals surface area contributed by atoms with Crippen LogP contribution in [0, 0.1) is 5.82 Å². The van der Waals surface area contributed by atoms with Crippen LogP contribution in [0.2, 0.25) is 0 Å². The summed E-state index contributed by atoms with van der Waals surface area (Å²) in [6, 6.07) is 3.37. The van der Waals surface area contributed by atoms with E-state index in [9.17, 15) is 22.4 Å². The molecule has 0 bridgehead atoms. The lowest BCUT2D eigenvalue weighted by atomic mass is 10.1. The monoisotopic (exact) mass is 251 g/mol. The Hall–Kier alpha value is -1.83. The normalized spacial score (nSPS) is 11.1. The van der Waals surface area contributed by atoms with Gasteiger partial charge in [-0.2, -0.15) is 13.2 Å². The Kier molecular flexibility index (Phi) is 3.89. The highest BCUT2D eigenvalue weighted by Crippen LogP contribution is 2.19. The summed E-state index contributed by atoms with van der Waals surface area (Å²) in [5.74, 6) is 3.09. The fourth-order valence-corrected chi connectivity index (χ4v) is 1.14. The maximum absolute atomic E-state index is 13.1. The zero-order valence-electron chi connectivity index (χ0n) is 8.44. The molecule has 17 heavy (non-hydrogen) atoms. The van der Waals surface area contributed by atoms with Gasteiger partial charge in [-0.25, -0.2) is 4.39 Å². The maximum Gasteiger partial charge on any atom is 0.405 e. The zero-order valence-corrected chi connectivity index (χ0v) is 8.44. The van der Waals surface area contributed by atoms with E-state index in [1.807, 2.05) is 5.43 Å². The number of alkyl halides is 3. The van der Waals surface area contributed by atoms with E-state index in [0.717, 1.165) is 12.1 Å². The number of benzene rings is 1. The van der Waals surface area contributed by atoms with Gasteiger partial charge < -0.3 is 10.7 Å². The first kappa shape index (κ1) is 13.2. The third-order valence-corrected chi connectivity index (χ3v) is 1.85. The van der Waals surface area contributed by atoms with E-state index in [0.29, 0.717) is 0 Å². The Morgan fingerprint density at radius 2 is 2.00 bits per heavy atom. The number of carbonyl (C=O) groups excluding carboxylic acids is 1. The summed E-state index contributed by atoms with van der Waals surface area (Å²) in [6.07, 6.45) is -4.53. The van der Waals surface area contributed by atoms with Crippen molar-refractivity contribution >= 4 is 11.6 Å². The molecule has 0 unspecified atom stereocenters. The number of nitrogen functional groups attached to an aromatic ring is 1. The number of amides is 1. The predicted molar refractivity (Wildman–Crippen MR) is 52.6 cm³/mol. The number of carbonyl (C=O) groups is 1. The van der Waals surface area contributed by atoms with Gasteiger partial charge in [-0.1, -0.05) is 6.07 Å². The largest absolute Gasteiger partial charge is 0.405 e. The van der Waals surface area contributed by atoms with E-state index in [1.165, 1.54) is 6.07 Å². The minimum absolute atomic E-state index is 0.295. The number of para-hydroxylation sites is 1. The molecule has 4 nitrogen and oxygen atoms in total. The molecule has 1 aromatic rings. The van der Waals surface area contributed by atoms with E-state index in [1.54, 1.807) is 5.32 Å². The van der Waals surface area contributed by atoms with Crippen molar-refractivity contribution in [3.05, 3.63) is 29.6 Å². The highest BCUT2D eigenvalue weighted by atomic mass is 19.4. The fraction of sp³-hybridized carbons (Fsp3) is 0.222. The summed E-state index contributed by atoms with van der Waals surface area (Å²) in [4.78, 5) is 11.3. The van der Waals surface area contributed by atoms with Crippen LogP contribution >= 0.6 is 0 Å². The quantitative estimate of drug-likeness (QED) is 0.432. The first-order chi connectivity index (χ1) is 7.85. The van der Waals surface area contributed by atoms with Crippen LogP contribution in [0.5, 0.6) is 0 Å². The van der Waals surface area contributed by atoms with Crippen LogP contribution in [0.3, 0.4) is 0 Å². The topological polar surface area (TPSA) is 67.1 Å². The molecule has 0 saturated carbocycles. The second-order valence-corrected chi connectivity index (χ2v) is 3.10. The Morgan fingerprint density at radius 1 is 1.35 bits per heavy atom. The van der Waals surface area contributed by atoms with E-state index in [4.69, 9.17) is 5.84 Å². The van der Waals surface area contributed by atoms with Gasteiger partial charge in [0.2, 0.25) is 0 Å². The molecule has 4 N–H and O–H groups in total. The number of halogens is 4. The van der Waals surface area contributed by atoms with Crippen LogP contribution in [0.25, 0.3) is 0 Å². The average Bonchev–Trinajstić information content (AvgIpc) is 2.24. The summed E-state index contributed by atoms with van der Waals surface area (Å²) < 4.78 is 48.7. The number of hydrogen-bond acceptors (Lipinski definition) is 3. The van der Waals surface area contributed by atoms with Crippen LogP contribution in [0.4, 0.5) is 23.2 Å². The third-order valence-electron chi connectivity index (χ3n) is 1.85. The lowest BCUT2D eigenvalue weighted by Crippen LogP contribution is -2.34. The zero-order chi connectivity index (χ0) is 13.1. The van der Waals surface area contributed by atoms with Crippen LogP contribution in [-0.2, 0) is 0 Å². The van der Waals surface area contributed by atoms with Gasteiger partial charge in [0.25, 0.3) is 5.91 Å². The first-order valence-electron chi connectivity index (χ1n) is 4.45. The van der Waals surface area contributed by atoms with Crippen LogP contribution in [0.15, 0.2) is 18.2 Å². The Balaban J connectivity index is 2.86. The SMILES string of the molecule is NNc1c(F)cccc1C(=O)NCC(F)(F)F. The lowest BCUT2D eigenvalue weighted by Gasteiger charge is -2.11. The highest BCUT2D eigenvalue weighted by molar-refractivity contribution is 5.99. The Morgan fingerprint density at radius 3 is 2.53 bits per heavy atom. The van der Waals surface area contributed by atoms with Crippen LogP contribution in [-0.4, -0.2) is 18.6 Å². The van der Waals surface area contributed by atoms with Gasteiger partial charge in [-0.05, 0) is 12.1 Å². The summed E-state index contributed by atoms with van der Waals surface area (Å²) in [5.41, 5.74) is 1.28. The number of hydrazine groups is 1. The van der Waals surface area contributed by atoms with Gasteiger partial charge in [0.15, 0.2) is 0 Å². The molecular weight excluding hydrogens is 242 g/mol. The number of anilines is 1. The standard InChI is InChI=1S/C9H9F4N3O/c10-6-3-1-2-5(7(6)16-14)8(17)15-4-9(11,12)13/h1-3,16H,4,14H2,(H,15,17). The first-order valence-corrected chi connectivity index (χ1v) is 4.45. The fourth-order valence-electron chi connectivity index (χ4n) is 1.14. The number of rotatable bonds is 3. The predicted octanol–water partition coefficient (Wildman–Crippen LogP) is 1.40. The molecule has 0 atom stereocenters. The highest BCUT2D eigenvalue weighted by Gasteiger charge is 2.28. The third kappa shape index (κ3) is 3.59. The second-order valence-electron chi connectivity index (χ2n) is 3.10. The van der Waals surface area contributed by atoms with E-state index < -0.39 is 24.4 Å². The summed E-state index contributed by atoms with van der Waals surface area (Å²) in [5, 5.41) is 1.61. The van der Waals surface area contributed by atoms with Crippen molar-refractivity contribution in [2.45, 2.75) is 6.18 Å². The number of hydrogen-bond donors (Lipinski definition) is 3. The molecule has 0 aromatic heterocycles. The second kappa shape index (κ2) is 5.00. The Bertz CT molecular complexity index is 419. The van der Waals surface area contributed by atoms with E-state index in [-0.39, 0.29) is 11.3 Å². The van der Waals surface area contributed by atoms with Crippen molar-refractivity contribution < 1.29 is 22.4 Å². The molecule has 0 saturated heterocycles. The summed E-state index contributed by atoms with van der Waals surface area (Å²) >= 11 is 0. The molecule has 0 heterocycles. The number of nitrogens with two attached hydrogens (primary N) is 1. The van der Waals surface area contributed by atoms with Gasteiger partial charge in [0, 0.05) is 0 Å². The van der Waals surface area contributed by atoms with Crippen molar-refractivity contribution in [2.75, 3.05) is 12.0 Å². The van der Waals surface area contributed by atoms with E-state index >= 15 is 0 Å². The van der Waals surface area contributed by atoms with Gasteiger partial charge >= 0.3 is 6.18 Å². The van der Waals surface area contributed by atoms with Crippen molar-refractivity contribution in [3.63, 3.8) is 0 Å². The van der Waals surface area contributed by atoms with Gasteiger partial charge in [-0.3, -0.25) is 10.6 Å². The molecular formula is C9H9F4N3O. The van der Waals surface area contributed by atoms with Crippen LogP contribution in [0.1, 0.15) is 10.4 Å². The van der Waals surface area contributed by atoms with Gasteiger partial charge in [0.1, 0.15) is 12.4 Å². The van der Waals surface area contributed by atoms with Gasteiger partial charge in [0.05, 0.1) is 11.3 Å². The summed E-state index contributed by atoms with van der Waals surface area (Å²) in [7, 11) is 0. The maximum atomic E-state index is 13.1. The van der Waals surface area contributed by atoms with Gasteiger partial charge in [-0.15, -0.1) is 0 Å². The lowest BCUT2D eigenvalue weighted by molar-refractivity contribution is -0.123. The molecule has 0 radical (unpaired) electrons. The molecule has 0 fully saturated rings. The molecule has 0 aliphatic rings. The molecule has 1 rings (SSSR count). The molecule has 94 valence electrons. The molecule has 1 amide bonds. The molecule has 0 aliphatic heterocycles. The minimum Gasteiger partial charge on any atom is -0.343 e. The smallest absolute Gasteiger partial charge is 0.343 e. The van der Waals surface area contributed by atoms with Crippen LogP contribution < -0.4 is 16.6 Å². The molecule has 0 aliphatic carbocycles. The Labute approximate surface area is 93.8 Å². The van der Waals surface area contributed by atoms with Crippen molar-refractivity contribution in [1.29, 1.82) is 0 Å².